The molecule has 0 aliphatic carbocycles. The van der Waals surface area contributed by atoms with Gasteiger partial charge in [-0.1, -0.05) is 36.0 Å². The molecule has 22 heavy (non-hydrogen) atoms. The van der Waals surface area contributed by atoms with Gasteiger partial charge in [0.2, 0.25) is 0 Å². The maximum absolute atomic E-state index is 6.02. The van der Waals surface area contributed by atoms with E-state index in [-0.39, 0.29) is 0 Å². The molecule has 120 valence electrons. The van der Waals surface area contributed by atoms with Gasteiger partial charge < -0.3 is 14.5 Å². The van der Waals surface area contributed by atoms with Crippen LogP contribution in [0.5, 0.6) is 0 Å². The number of nitrogens with zero attached hydrogens (tertiary/aromatic N) is 2. The van der Waals surface area contributed by atoms with Crippen LogP contribution in [-0.2, 0) is 4.74 Å². The summed E-state index contributed by atoms with van der Waals surface area (Å²) in [4.78, 5) is 5.37. The highest BCUT2D eigenvalue weighted by atomic mass is 35.5. The molecule has 3 nitrogen and oxygen atoms in total. The Morgan fingerprint density at radius 3 is 2.36 bits per heavy atom. The monoisotopic (exact) mass is 338 g/mol. The van der Waals surface area contributed by atoms with Gasteiger partial charge in [0.05, 0.1) is 13.2 Å². The van der Waals surface area contributed by atoms with Gasteiger partial charge in [-0.25, -0.2) is 0 Å². The van der Waals surface area contributed by atoms with E-state index in [0.29, 0.717) is 0 Å². The van der Waals surface area contributed by atoms with Gasteiger partial charge in [-0.15, -0.1) is 0 Å². The van der Waals surface area contributed by atoms with Crippen LogP contribution in [0, 0.1) is 0 Å². The molecule has 1 aromatic carbocycles. The molecule has 1 aliphatic rings. The van der Waals surface area contributed by atoms with Crippen molar-refractivity contribution in [2.75, 3.05) is 39.4 Å². The van der Waals surface area contributed by atoms with Crippen LogP contribution >= 0.6 is 23.8 Å². The standard InChI is InChI=1S/C17H23ClN2OS/c1-3-20(4-2)17(22)16(13-19-9-11-21-12-10-19)14-5-7-15(18)8-6-14/h5-8,13H,3-4,9-12H2,1-2H3/b16-13-. The molecule has 1 saturated heterocycles. The third-order valence-electron chi connectivity index (χ3n) is 3.79. The van der Waals surface area contributed by atoms with Crippen molar-refractivity contribution in [3.8, 4) is 0 Å². The minimum atomic E-state index is 0.739. The summed E-state index contributed by atoms with van der Waals surface area (Å²) in [6.07, 6.45) is 2.17. The number of thiocarbonyl (C=S) groups is 1. The smallest absolute Gasteiger partial charge is 0.111 e. The lowest BCUT2D eigenvalue weighted by molar-refractivity contribution is 0.0596. The Bertz CT molecular complexity index is 520. The summed E-state index contributed by atoms with van der Waals surface area (Å²) in [5.74, 6) is 0. The highest BCUT2D eigenvalue weighted by Gasteiger charge is 2.16. The molecule has 0 unspecified atom stereocenters. The number of morpholine rings is 1. The Morgan fingerprint density at radius 2 is 1.82 bits per heavy atom. The highest BCUT2D eigenvalue weighted by Crippen LogP contribution is 2.22. The summed E-state index contributed by atoms with van der Waals surface area (Å²) in [7, 11) is 0. The van der Waals surface area contributed by atoms with Crippen molar-refractivity contribution in [3.63, 3.8) is 0 Å². The second-order valence-electron chi connectivity index (χ2n) is 5.18. The number of rotatable bonds is 5. The first kappa shape index (κ1) is 17.3. The first-order valence-electron chi connectivity index (χ1n) is 7.74. The molecule has 0 amide bonds. The van der Waals surface area contributed by atoms with Crippen LogP contribution in [0.15, 0.2) is 30.5 Å². The summed E-state index contributed by atoms with van der Waals surface area (Å²) in [6.45, 7) is 9.40. The predicted octanol–water partition coefficient (Wildman–Crippen LogP) is 3.68. The van der Waals surface area contributed by atoms with Gasteiger partial charge in [0.15, 0.2) is 0 Å². The highest BCUT2D eigenvalue weighted by molar-refractivity contribution is 7.81. The number of likely N-dealkylation sites (N-methyl/N-ethyl adjacent to an activating group) is 1. The summed E-state index contributed by atoms with van der Waals surface area (Å²) in [5.41, 5.74) is 2.19. The zero-order chi connectivity index (χ0) is 15.9. The van der Waals surface area contributed by atoms with Gasteiger partial charge in [-0.2, -0.15) is 0 Å². The van der Waals surface area contributed by atoms with Crippen molar-refractivity contribution >= 4 is 34.4 Å². The number of benzene rings is 1. The number of hydrogen-bond acceptors (Lipinski definition) is 3. The molecule has 2 rings (SSSR count). The second-order valence-corrected chi connectivity index (χ2v) is 6.00. The number of ether oxygens (including phenoxy) is 1. The summed E-state index contributed by atoms with van der Waals surface area (Å²) in [6, 6.07) is 7.89. The van der Waals surface area contributed by atoms with Gasteiger partial charge >= 0.3 is 0 Å². The molecule has 5 heteroatoms. The number of hydrogen-bond donors (Lipinski definition) is 0. The van der Waals surface area contributed by atoms with Crippen LogP contribution in [-0.4, -0.2) is 54.2 Å². The van der Waals surface area contributed by atoms with Crippen molar-refractivity contribution in [2.24, 2.45) is 0 Å². The Labute approximate surface area is 143 Å². The molecule has 0 atom stereocenters. The zero-order valence-electron chi connectivity index (χ0n) is 13.2. The fraction of sp³-hybridized carbons (Fsp3) is 0.471. The summed E-state index contributed by atoms with van der Waals surface area (Å²) in [5, 5.41) is 0.739. The largest absolute Gasteiger partial charge is 0.378 e. The van der Waals surface area contributed by atoms with E-state index in [4.69, 9.17) is 28.6 Å². The molecular weight excluding hydrogens is 316 g/mol. The lowest BCUT2D eigenvalue weighted by Crippen LogP contribution is -2.34. The summed E-state index contributed by atoms with van der Waals surface area (Å²) >= 11 is 11.8. The van der Waals surface area contributed by atoms with Crippen LogP contribution in [0.1, 0.15) is 19.4 Å². The fourth-order valence-corrected chi connectivity index (χ4v) is 3.01. The van der Waals surface area contributed by atoms with Crippen molar-refractivity contribution in [1.29, 1.82) is 0 Å². The quantitative estimate of drug-likeness (QED) is 0.601. The van der Waals surface area contributed by atoms with Gasteiger partial charge in [0, 0.05) is 43.0 Å². The minimum absolute atomic E-state index is 0.739. The average Bonchev–Trinajstić information content (AvgIpc) is 2.55. The molecule has 1 aliphatic heterocycles. The van der Waals surface area contributed by atoms with E-state index < -0.39 is 0 Å². The second kappa shape index (κ2) is 8.51. The van der Waals surface area contributed by atoms with E-state index in [1.807, 2.05) is 24.3 Å². The van der Waals surface area contributed by atoms with Gasteiger partial charge in [-0.3, -0.25) is 0 Å². The van der Waals surface area contributed by atoms with Crippen LogP contribution in [0.3, 0.4) is 0 Å². The van der Waals surface area contributed by atoms with E-state index in [1.165, 1.54) is 0 Å². The third-order valence-corrected chi connectivity index (χ3v) is 4.52. The summed E-state index contributed by atoms with van der Waals surface area (Å²) < 4.78 is 5.42. The normalized spacial score (nSPS) is 15.8. The van der Waals surface area contributed by atoms with E-state index in [1.54, 1.807) is 0 Å². The zero-order valence-corrected chi connectivity index (χ0v) is 14.8. The first-order valence-corrected chi connectivity index (χ1v) is 8.53. The van der Waals surface area contributed by atoms with Crippen molar-refractivity contribution in [2.45, 2.75) is 13.8 Å². The molecule has 0 spiro atoms. The maximum atomic E-state index is 6.02. The average molecular weight is 339 g/mol. The van der Waals surface area contributed by atoms with Crippen LogP contribution in [0.2, 0.25) is 5.02 Å². The molecule has 1 aromatic rings. The fourth-order valence-electron chi connectivity index (χ4n) is 2.45. The number of halogens is 1. The minimum Gasteiger partial charge on any atom is -0.378 e. The van der Waals surface area contributed by atoms with E-state index in [0.717, 1.165) is 60.5 Å². The molecule has 1 fully saturated rings. The Balaban J connectivity index is 2.32. The van der Waals surface area contributed by atoms with Crippen molar-refractivity contribution in [1.82, 2.24) is 9.80 Å². The molecule has 0 radical (unpaired) electrons. The van der Waals surface area contributed by atoms with Gasteiger partial charge in [-0.05, 0) is 31.5 Å². The Kier molecular flexibility index (Phi) is 6.68. The first-order chi connectivity index (χ1) is 10.7. The van der Waals surface area contributed by atoms with E-state index in [2.05, 4.69) is 29.8 Å². The lowest BCUT2D eigenvalue weighted by atomic mass is 10.1. The predicted molar refractivity (Wildman–Crippen MR) is 97.3 cm³/mol. The Morgan fingerprint density at radius 1 is 1.23 bits per heavy atom. The van der Waals surface area contributed by atoms with Crippen LogP contribution in [0.25, 0.3) is 5.57 Å². The topological polar surface area (TPSA) is 15.7 Å². The van der Waals surface area contributed by atoms with E-state index in [9.17, 15) is 0 Å². The molecule has 0 aromatic heterocycles. The van der Waals surface area contributed by atoms with Gasteiger partial charge in [0.25, 0.3) is 0 Å². The van der Waals surface area contributed by atoms with Crippen molar-refractivity contribution < 1.29 is 4.74 Å². The van der Waals surface area contributed by atoms with Crippen LogP contribution < -0.4 is 0 Å². The molecule has 0 bridgehead atoms. The molecule has 0 N–H and O–H groups in total. The third kappa shape index (κ3) is 4.45. The molecule has 0 saturated carbocycles. The molecular formula is C17H23ClN2OS. The SMILES string of the molecule is CCN(CC)C(=S)/C(=C\N1CCOCC1)c1ccc(Cl)cc1. The van der Waals surface area contributed by atoms with Gasteiger partial charge in [0.1, 0.15) is 4.99 Å². The maximum Gasteiger partial charge on any atom is 0.111 e. The van der Waals surface area contributed by atoms with Crippen molar-refractivity contribution in [3.05, 3.63) is 41.1 Å². The van der Waals surface area contributed by atoms with Crippen LogP contribution in [0.4, 0.5) is 0 Å². The molecule has 1 heterocycles. The lowest BCUT2D eigenvalue weighted by Gasteiger charge is -2.29. The Hall–Kier alpha value is -1.10. The van der Waals surface area contributed by atoms with E-state index >= 15 is 0 Å².